The largest absolute Gasteiger partial charge is 0.489 e. The zero-order chi connectivity index (χ0) is 13.0. The van der Waals surface area contributed by atoms with Gasteiger partial charge in [0.2, 0.25) is 0 Å². The van der Waals surface area contributed by atoms with E-state index < -0.39 is 0 Å². The molecular weight excluding hydrogens is 231 g/mol. The maximum atomic E-state index is 12.8. The highest BCUT2D eigenvalue weighted by molar-refractivity contribution is 5.46. The molecule has 0 aliphatic heterocycles. The number of hydrogen-bond donors (Lipinski definition) is 1. The van der Waals surface area contributed by atoms with E-state index in [1.165, 1.54) is 12.1 Å². The summed E-state index contributed by atoms with van der Waals surface area (Å²) in [6.45, 7) is 0.262. The third-order valence-corrected chi connectivity index (χ3v) is 2.49. The van der Waals surface area contributed by atoms with Gasteiger partial charge in [-0.15, -0.1) is 0 Å². The van der Waals surface area contributed by atoms with Crippen molar-refractivity contribution in [2.75, 3.05) is 5.73 Å². The van der Waals surface area contributed by atoms with Crippen LogP contribution in [-0.2, 0) is 6.61 Å². The first kappa shape index (κ1) is 11.9. The molecule has 4 heteroatoms. The third-order valence-electron chi connectivity index (χ3n) is 2.49. The first-order chi connectivity index (χ1) is 8.69. The van der Waals surface area contributed by atoms with Crippen molar-refractivity contribution in [1.82, 2.24) is 0 Å². The maximum absolute atomic E-state index is 12.8. The van der Waals surface area contributed by atoms with Crippen molar-refractivity contribution >= 4 is 5.69 Å². The number of nitrogen functional groups attached to an aromatic ring is 1. The smallest absolute Gasteiger partial charge is 0.125 e. The number of nitrogens with zero attached hydrogens (tertiary/aromatic N) is 1. The van der Waals surface area contributed by atoms with Gasteiger partial charge in [-0.05, 0) is 36.4 Å². The molecule has 0 spiro atoms. The van der Waals surface area contributed by atoms with E-state index in [0.717, 1.165) is 5.56 Å². The fraction of sp³-hybridized carbons (Fsp3) is 0.0714. The first-order valence-electron chi connectivity index (χ1n) is 5.36. The Morgan fingerprint density at radius 3 is 2.50 bits per heavy atom. The highest BCUT2D eigenvalue weighted by atomic mass is 19.1. The van der Waals surface area contributed by atoms with Crippen LogP contribution in [0, 0.1) is 17.1 Å². The predicted octanol–water partition coefficient (Wildman–Crippen LogP) is 2.86. The summed E-state index contributed by atoms with van der Waals surface area (Å²) in [7, 11) is 0. The topological polar surface area (TPSA) is 59.0 Å². The Morgan fingerprint density at radius 1 is 1.17 bits per heavy atom. The summed E-state index contributed by atoms with van der Waals surface area (Å²) in [5, 5.41) is 8.66. The molecule has 2 N–H and O–H groups in total. The second kappa shape index (κ2) is 5.19. The highest BCUT2D eigenvalue weighted by Crippen LogP contribution is 2.17. The minimum Gasteiger partial charge on any atom is -0.489 e. The number of hydrogen-bond acceptors (Lipinski definition) is 3. The Balaban J connectivity index is 2.04. The molecular formula is C14H11FN2O. The molecule has 0 amide bonds. The summed E-state index contributed by atoms with van der Waals surface area (Å²) < 4.78 is 18.3. The van der Waals surface area contributed by atoms with Gasteiger partial charge in [-0.25, -0.2) is 4.39 Å². The number of benzene rings is 2. The van der Waals surface area contributed by atoms with Crippen molar-refractivity contribution in [3.8, 4) is 11.8 Å². The lowest BCUT2D eigenvalue weighted by Crippen LogP contribution is -2.00. The second-order valence-electron chi connectivity index (χ2n) is 3.77. The molecule has 0 saturated heterocycles. The summed E-state index contributed by atoms with van der Waals surface area (Å²) in [4.78, 5) is 0. The lowest BCUT2D eigenvalue weighted by Gasteiger charge is -2.08. The van der Waals surface area contributed by atoms with Gasteiger partial charge in [0.25, 0.3) is 0 Å². The average Bonchev–Trinajstić information content (AvgIpc) is 2.38. The summed E-state index contributed by atoms with van der Waals surface area (Å²) >= 11 is 0. The molecule has 90 valence electrons. The van der Waals surface area contributed by atoms with Gasteiger partial charge in [-0.3, -0.25) is 0 Å². The molecule has 0 heterocycles. The third kappa shape index (κ3) is 2.77. The standard InChI is InChI=1S/C14H11FN2O/c15-12-4-3-11(14(17)7-12)9-18-13-5-1-10(8-16)2-6-13/h1-7H,9,17H2. The lowest BCUT2D eigenvalue weighted by molar-refractivity contribution is 0.307. The van der Waals surface area contributed by atoms with E-state index in [-0.39, 0.29) is 12.4 Å². The van der Waals surface area contributed by atoms with Gasteiger partial charge >= 0.3 is 0 Å². The van der Waals surface area contributed by atoms with Crippen LogP contribution in [0.25, 0.3) is 0 Å². The van der Waals surface area contributed by atoms with Crippen LogP contribution in [0.15, 0.2) is 42.5 Å². The van der Waals surface area contributed by atoms with Crippen molar-refractivity contribution < 1.29 is 9.13 Å². The number of anilines is 1. The number of rotatable bonds is 3. The molecule has 0 aliphatic rings. The zero-order valence-corrected chi connectivity index (χ0v) is 9.56. The van der Waals surface area contributed by atoms with Crippen molar-refractivity contribution in [2.24, 2.45) is 0 Å². The molecule has 2 aromatic rings. The minimum absolute atomic E-state index is 0.262. The van der Waals surface area contributed by atoms with E-state index in [0.29, 0.717) is 17.0 Å². The molecule has 0 aromatic heterocycles. The van der Waals surface area contributed by atoms with Crippen LogP contribution in [0.1, 0.15) is 11.1 Å². The van der Waals surface area contributed by atoms with Crippen molar-refractivity contribution in [1.29, 1.82) is 5.26 Å². The van der Waals surface area contributed by atoms with E-state index >= 15 is 0 Å². The van der Waals surface area contributed by atoms with Gasteiger partial charge in [0, 0.05) is 11.3 Å². The molecule has 2 rings (SSSR count). The fourth-order valence-corrected chi connectivity index (χ4v) is 1.48. The van der Waals surface area contributed by atoms with Crippen LogP contribution in [0.4, 0.5) is 10.1 Å². The van der Waals surface area contributed by atoms with Crippen LogP contribution >= 0.6 is 0 Å². The molecule has 0 saturated carbocycles. The molecule has 3 nitrogen and oxygen atoms in total. The Labute approximate surface area is 104 Å². The van der Waals surface area contributed by atoms with Gasteiger partial charge in [0.15, 0.2) is 0 Å². The molecule has 0 unspecified atom stereocenters. The number of ether oxygens (including phenoxy) is 1. The van der Waals surface area contributed by atoms with Crippen molar-refractivity contribution in [2.45, 2.75) is 6.61 Å². The summed E-state index contributed by atoms with van der Waals surface area (Å²) in [5.41, 5.74) is 7.33. The fourth-order valence-electron chi connectivity index (χ4n) is 1.48. The number of nitrogens with two attached hydrogens (primary N) is 1. The van der Waals surface area contributed by atoms with Crippen molar-refractivity contribution in [3.63, 3.8) is 0 Å². The molecule has 0 aliphatic carbocycles. The first-order valence-corrected chi connectivity index (χ1v) is 5.36. The quantitative estimate of drug-likeness (QED) is 0.842. The normalized spacial score (nSPS) is 9.78. The Kier molecular flexibility index (Phi) is 3.44. The van der Waals surface area contributed by atoms with Crippen LogP contribution < -0.4 is 10.5 Å². The van der Waals surface area contributed by atoms with Gasteiger partial charge < -0.3 is 10.5 Å². The van der Waals surface area contributed by atoms with Gasteiger partial charge in [-0.2, -0.15) is 5.26 Å². The van der Waals surface area contributed by atoms with Crippen LogP contribution in [0.3, 0.4) is 0 Å². The SMILES string of the molecule is N#Cc1ccc(OCc2ccc(F)cc2N)cc1. The van der Waals surface area contributed by atoms with E-state index in [9.17, 15) is 4.39 Å². The molecule has 0 bridgehead atoms. The summed E-state index contributed by atoms with van der Waals surface area (Å²) in [6.07, 6.45) is 0. The van der Waals surface area contributed by atoms with E-state index in [1.807, 2.05) is 6.07 Å². The van der Waals surface area contributed by atoms with Crippen LogP contribution in [0.2, 0.25) is 0 Å². The predicted molar refractivity (Wildman–Crippen MR) is 66.3 cm³/mol. The molecule has 0 atom stereocenters. The summed E-state index contributed by atoms with van der Waals surface area (Å²) in [6, 6.07) is 13.0. The van der Waals surface area contributed by atoms with Gasteiger partial charge in [0.1, 0.15) is 18.2 Å². The van der Waals surface area contributed by atoms with Gasteiger partial charge in [-0.1, -0.05) is 6.07 Å². The van der Waals surface area contributed by atoms with Gasteiger partial charge in [0.05, 0.1) is 11.6 Å². The average molecular weight is 242 g/mol. The molecule has 2 aromatic carbocycles. The lowest BCUT2D eigenvalue weighted by atomic mass is 10.2. The number of nitriles is 1. The van der Waals surface area contributed by atoms with Crippen LogP contribution in [0.5, 0.6) is 5.75 Å². The number of halogens is 1. The molecule has 0 fully saturated rings. The van der Waals surface area contributed by atoms with Crippen LogP contribution in [-0.4, -0.2) is 0 Å². The minimum atomic E-state index is -0.366. The van der Waals surface area contributed by atoms with Crippen molar-refractivity contribution in [3.05, 3.63) is 59.4 Å². The zero-order valence-electron chi connectivity index (χ0n) is 9.56. The second-order valence-corrected chi connectivity index (χ2v) is 3.77. The Bertz CT molecular complexity index is 588. The molecule has 0 radical (unpaired) electrons. The highest BCUT2D eigenvalue weighted by Gasteiger charge is 2.02. The monoisotopic (exact) mass is 242 g/mol. The van der Waals surface area contributed by atoms with E-state index in [2.05, 4.69) is 0 Å². The molecule has 18 heavy (non-hydrogen) atoms. The van der Waals surface area contributed by atoms with E-state index in [1.54, 1.807) is 30.3 Å². The van der Waals surface area contributed by atoms with E-state index in [4.69, 9.17) is 15.7 Å². The Hall–Kier alpha value is -2.54. The Morgan fingerprint density at radius 2 is 1.89 bits per heavy atom. The summed E-state index contributed by atoms with van der Waals surface area (Å²) in [5.74, 6) is 0.271. The maximum Gasteiger partial charge on any atom is 0.125 e.